The summed E-state index contributed by atoms with van der Waals surface area (Å²) in [7, 11) is 0. The van der Waals surface area contributed by atoms with Gasteiger partial charge in [-0.3, -0.25) is 4.79 Å². The van der Waals surface area contributed by atoms with Gasteiger partial charge in [-0.25, -0.2) is 0 Å². The highest BCUT2D eigenvalue weighted by Gasteiger charge is 2.34. The van der Waals surface area contributed by atoms with E-state index in [2.05, 4.69) is 5.32 Å². The van der Waals surface area contributed by atoms with E-state index < -0.39 is 0 Å². The Kier molecular flexibility index (Phi) is 5.75. The molecule has 0 aliphatic heterocycles. The van der Waals surface area contributed by atoms with Crippen LogP contribution in [0, 0.1) is 0 Å². The molecule has 0 bridgehead atoms. The molecule has 1 amide bonds. The molecule has 0 aromatic heterocycles. The second kappa shape index (κ2) is 7.34. The fraction of sp³-hybridized carbons (Fsp3) is 0.533. The number of thioether (sulfide) groups is 1. The second-order valence-corrected chi connectivity index (χ2v) is 6.77. The molecule has 2 rings (SSSR count). The van der Waals surface area contributed by atoms with Crippen molar-refractivity contribution < 1.29 is 9.90 Å². The van der Waals surface area contributed by atoms with E-state index in [1.54, 1.807) is 11.8 Å². The van der Waals surface area contributed by atoms with E-state index in [1.807, 2.05) is 24.3 Å². The first-order valence-electron chi connectivity index (χ1n) is 6.94. The van der Waals surface area contributed by atoms with Crippen LogP contribution in [0.1, 0.15) is 32.1 Å². The number of benzene rings is 1. The van der Waals surface area contributed by atoms with Crippen molar-refractivity contribution in [2.45, 2.75) is 42.5 Å². The Bertz CT molecular complexity index is 461. The summed E-state index contributed by atoms with van der Waals surface area (Å²) < 4.78 is 0. The fourth-order valence-corrected chi connectivity index (χ4v) is 3.74. The lowest BCUT2D eigenvalue weighted by Crippen LogP contribution is -2.49. The number of aliphatic hydroxyl groups excluding tert-OH is 1. The Balaban J connectivity index is 1.77. The Morgan fingerprint density at radius 3 is 2.70 bits per heavy atom. The number of nitrogens with one attached hydrogen (secondary N) is 1. The molecule has 1 fully saturated rings. The van der Waals surface area contributed by atoms with Crippen LogP contribution in [-0.4, -0.2) is 28.9 Å². The van der Waals surface area contributed by atoms with E-state index >= 15 is 0 Å². The number of hydrogen-bond acceptors (Lipinski definition) is 3. The Morgan fingerprint density at radius 1 is 1.35 bits per heavy atom. The van der Waals surface area contributed by atoms with Crippen LogP contribution in [0.2, 0.25) is 5.02 Å². The van der Waals surface area contributed by atoms with Gasteiger partial charge in [-0.15, -0.1) is 11.8 Å². The van der Waals surface area contributed by atoms with Crippen LogP contribution < -0.4 is 5.32 Å². The molecule has 1 aromatic rings. The predicted octanol–water partition coefficient (Wildman–Crippen LogP) is 3.24. The Morgan fingerprint density at radius 2 is 2.05 bits per heavy atom. The summed E-state index contributed by atoms with van der Waals surface area (Å²) in [5, 5.41) is 13.2. The van der Waals surface area contributed by atoms with Gasteiger partial charge >= 0.3 is 0 Å². The van der Waals surface area contributed by atoms with Crippen molar-refractivity contribution in [3.8, 4) is 0 Å². The molecule has 2 N–H and O–H groups in total. The number of aliphatic hydroxyl groups is 1. The van der Waals surface area contributed by atoms with Crippen molar-refractivity contribution in [2.75, 3.05) is 12.4 Å². The van der Waals surface area contributed by atoms with Crippen LogP contribution in [-0.2, 0) is 4.79 Å². The average Bonchev–Trinajstić information content (AvgIpc) is 2.90. The van der Waals surface area contributed by atoms with Crippen LogP contribution in [0.25, 0.3) is 0 Å². The topological polar surface area (TPSA) is 49.3 Å². The van der Waals surface area contributed by atoms with Crippen molar-refractivity contribution in [2.24, 2.45) is 0 Å². The second-order valence-electron chi connectivity index (χ2n) is 5.22. The fourth-order valence-electron chi connectivity index (χ4n) is 2.55. The highest BCUT2D eigenvalue weighted by atomic mass is 35.5. The summed E-state index contributed by atoms with van der Waals surface area (Å²) in [5.41, 5.74) is -0.369. The van der Waals surface area contributed by atoms with E-state index in [1.165, 1.54) is 0 Å². The zero-order valence-corrected chi connectivity index (χ0v) is 13.0. The molecule has 1 saturated carbocycles. The van der Waals surface area contributed by atoms with Crippen LogP contribution >= 0.6 is 23.4 Å². The molecular weight excluding hydrogens is 294 g/mol. The minimum atomic E-state index is -0.369. The summed E-state index contributed by atoms with van der Waals surface area (Å²) in [6.45, 7) is 0.0381. The molecule has 20 heavy (non-hydrogen) atoms. The monoisotopic (exact) mass is 313 g/mol. The third kappa shape index (κ3) is 4.14. The molecule has 0 radical (unpaired) electrons. The van der Waals surface area contributed by atoms with Crippen LogP contribution in [0.15, 0.2) is 29.2 Å². The maximum absolute atomic E-state index is 12.0. The van der Waals surface area contributed by atoms with Gasteiger partial charge in [-0.05, 0) is 25.0 Å². The predicted molar refractivity (Wildman–Crippen MR) is 83.2 cm³/mol. The first kappa shape index (κ1) is 15.7. The zero-order chi connectivity index (χ0) is 14.4. The lowest BCUT2D eigenvalue weighted by Gasteiger charge is -2.27. The summed E-state index contributed by atoms with van der Waals surface area (Å²) in [6, 6.07) is 7.64. The molecule has 0 atom stereocenters. The SMILES string of the molecule is O=C(CCSc1ccccc1Cl)NC1(CO)CCCC1. The first-order chi connectivity index (χ1) is 9.65. The smallest absolute Gasteiger partial charge is 0.221 e. The first-order valence-corrected chi connectivity index (χ1v) is 8.31. The number of halogens is 1. The summed E-state index contributed by atoms with van der Waals surface area (Å²) >= 11 is 7.65. The molecule has 1 aromatic carbocycles. The molecule has 0 unspecified atom stereocenters. The minimum absolute atomic E-state index is 0.0144. The van der Waals surface area contributed by atoms with E-state index in [9.17, 15) is 9.90 Å². The molecular formula is C15H20ClNO2S. The van der Waals surface area contributed by atoms with Crippen molar-refractivity contribution in [1.82, 2.24) is 5.32 Å². The van der Waals surface area contributed by atoms with Gasteiger partial charge in [-0.2, -0.15) is 0 Å². The summed E-state index contributed by atoms with van der Waals surface area (Å²) in [5.74, 6) is 0.706. The normalized spacial score (nSPS) is 17.1. The van der Waals surface area contributed by atoms with Crippen molar-refractivity contribution in [3.05, 3.63) is 29.3 Å². The number of carbonyl (C=O) groups is 1. The van der Waals surface area contributed by atoms with Gasteiger partial charge in [0.05, 0.1) is 17.2 Å². The maximum Gasteiger partial charge on any atom is 0.221 e. The molecule has 0 spiro atoms. The number of hydrogen-bond donors (Lipinski definition) is 2. The van der Waals surface area contributed by atoms with E-state index in [0.29, 0.717) is 12.2 Å². The van der Waals surface area contributed by atoms with Crippen LogP contribution in [0.5, 0.6) is 0 Å². The third-order valence-electron chi connectivity index (χ3n) is 3.69. The number of rotatable bonds is 6. The molecule has 1 aliphatic carbocycles. The highest BCUT2D eigenvalue weighted by molar-refractivity contribution is 7.99. The van der Waals surface area contributed by atoms with E-state index in [4.69, 9.17) is 11.6 Å². The molecule has 5 heteroatoms. The highest BCUT2D eigenvalue weighted by Crippen LogP contribution is 2.30. The minimum Gasteiger partial charge on any atom is -0.394 e. The van der Waals surface area contributed by atoms with Crippen molar-refractivity contribution in [1.29, 1.82) is 0 Å². The molecule has 0 saturated heterocycles. The van der Waals surface area contributed by atoms with Gasteiger partial charge in [0.15, 0.2) is 0 Å². The van der Waals surface area contributed by atoms with Gasteiger partial charge in [0.1, 0.15) is 0 Å². The van der Waals surface area contributed by atoms with E-state index in [0.717, 1.165) is 35.6 Å². The summed E-state index contributed by atoms with van der Waals surface area (Å²) in [4.78, 5) is 13.0. The standard InChI is InChI=1S/C15H20ClNO2S/c16-12-5-1-2-6-13(12)20-10-7-14(19)17-15(11-18)8-3-4-9-15/h1-2,5-6,18H,3-4,7-11H2,(H,17,19). The average molecular weight is 314 g/mol. The van der Waals surface area contributed by atoms with Crippen LogP contribution in [0.3, 0.4) is 0 Å². The van der Waals surface area contributed by atoms with Crippen molar-refractivity contribution >= 4 is 29.3 Å². The molecule has 1 aliphatic rings. The third-order valence-corrected chi connectivity index (χ3v) is 5.21. The van der Waals surface area contributed by atoms with Gasteiger partial charge in [-0.1, -0.05) is 36.6 Å². The van der Waals surface area contributed by atoms with Crippen molar-refractivity contribution in [3.63, 3.8) is 0 Å². The largest absolute Gasteiger partial charge is 0.394 e. The lowest BCUT2D eigenvalue weighted by atomic mass is 9.99. The zero-order valence-electron chi connectivity index (χ0n) is 11.4. The lowest BCUT2D eigenvalue weighted by molar-refractivity contribution is -0.123. The maximum atomic E-state index is 12.0. The number of carbonyl (C=O) groups excluding carboxylic acids is 1. The van der Waals surface area contributed by atoms with Gasteiger partial charge in [0.2, 0.25) is 5.91 Å². The quantitative estimate of drug-likeness (QED) is 0.793. The van der Waals surface area contributed by atoms with Crippen LogP contribution in [0.4, 0.5) is 0 Å². The van der Waals surface area contributed by atoms with Gasteiger partial charge < -0.3 is 10.4 Å². The van der Waals surface area contributed by atoms with Gasteiger partial charge in [0.25, 0.3) is 0 Å². The molecule has 3 nitrogen and oxygen atoms in total. The molecule has 110 valence electrons. The van der Waals surface area contributed by atoms with E-state index in [-0.39, 0.29) is 18.1 Å². The summed E-state index contributed by atoms with van der Waals surface area (Å²) in [6.07, 6.45) is 4.36. The molecule has 0 heterocycles. The Labute approximate surface area is 129 Å². The van der Waals surface area contributed by atoms with Gasteiger partial charge in [0, 0.05) is 17.1 Å². The number of amides is 1. The Hall–Kier alpha value is -0.710.